The fourth-order valence-electron chi connectivity index (χ4n) is 4.17. The van der Waals surface area contributed by atoms with Gasteiger partial charge in [-0.2, -0.15) is 0 Å². The number of carbonyl (C=O) groups is 1. The first kappa shape index (κ1) is 15.3. The van der Waals surface area contributed by atoms with Crippen LogP contribution in [0.2, 0.25) is 0 Å². The highest BCUT2D eigenvalue weighted by molar-refractivity contribution is 5.76. The van der Waals surface area contributed by atoms with Gasteiger partial charge in [-0.05, 0) is 31.6 Å². The zero-order valence-electron chi connectivity index (χ0n) is 13.3. The molecule has 0 aromatic carbocycles. The number of hydrogen-bond acceptors (Lipinski definition) is 2. The van der Waals surface area contributed by atoms with Crippen LogP contribution < -0.4 is 4.90 Å². The van der Waals surface area contributed by atoms with Crippen molar-refractivity contribution in [2.45, 2.75) is 57.5 Å². The van der Waals surface area contributed by atoms with Crippen molar-refractivity contribution < 1.29 is 14.4 Å². The largest absolute Gasteiger partial charge is 0.372 e. The van der Waals surface area contributed by atoms with E-state index in [1.54, 1.807) is 4.90 Å². The molecule has 1 saturated carbocycles. The minimum atomic E-state index is 0.415. The van der Waals surface area contributed by atoms with Crippen LogP contribution in [0, 0.1) is 5.92 Å². The molecular weight excluding hydrogens is 264 g/mol. The molecule has 1 atom stereocenters. The Morgan fingerprint density at radius 3 is 2.48 bits per heavy atom. The minimum Gasteiger partial charge on any atom is -0.372 e. The van der Waals surface area contributed by atoms with Crippen LogP contribution >= 0.6 is 0 Å². The molecule has 2 aliphatic heterocycles. The van der Waals surface area contributed by atoms with E-state index in [9.17, 15) is 4.79 Å². The molecule has 0 aromatic rings. The summed E-state index contributed by atoms with van der Waals surface area (Å²) >= 11 is 0. The van der Waals surface area contributed by atoms with Gasteiger partial charge < -0.3 is 14.5 Å². The number of piperazine rings is 1. The minimum absolute atomic E-state index is 0.415. The van der Waals surface area contributed by atoms with Gasteiger partial charge >= 0.3 is 0 Å². The van der Waals surface area contributed by atoms with Crippen molar-refractivity contribution in [1.29, 1.82) is 0 Å². The van der Waals surface area contributed by atoms with Gasteiger partial charge in [0.1, 0.15) is 12.6 Å². The van der Waals surface area contributed by atoms with Crippen LogP contribution in [0.5, 0.6) is 0 Å². The zero-order valence-corrected chi connectivity index (χ0v) is 13.3. The third kappa shape index (κ3) is 4.43. The molecule has 0 spiro atoms. The fourth-order valence-corrected chi connectivity index (χ4v) is 4.17. The average molecular weight is 295 g/mol. The first-order chi connectivity index (χ1) is 10.3. The van der Waals surface area contributed by atoms with E-state index in [4.69, 9.17) is 4.74 Å². The number of quaternary nitrogens is 1. The third-order valence-electron chi connectivity index (χ3n) is 5.55. The fraction of sp³-hybridized carbons (Fsp3) is 0.941. The Bertz CT molecular complexity index is 328. The lowest BCUT2D eigenvalue weighted by molar-refractivity contribution is -0.906. The number of nitrogens with zero attached hydrogens (tertiary/aromatic N) is 1. The number of nitrogens with one attached hydrogen (secondary N) is 1. The van der Waals surface area contributed by atoms with E-state index in [-0.39, 0.29) is 0 Å². The van der Waals surface area contributed by atoms with Gasteiger partial charge in [-0.15, -0.1) is 0 Å². The van der Waals surface area contributed by atoms with Crippen molar-refractivity contribution >= 4 is 5.91 Å². The van der Waals surface area contributed by atoms with Crippen LogP contribution in [0.1, 0.15) is 51.4 Å². The zero-order chi connectivity index (χ0) is 14.5. The van der Waals surface area contributed by atoms with Crippen molar-refractivity contribution in [3.63, 3.8) is 0 Å². The highest BCUT2D eigenvalue weighted by atomic mass is 16.5. The van der Waals surface area contributed by atoms with Crippen molar-refractivity contribution in [3.8, 4) is 0 Å². The Labute approximate surface area is 128 Å². The van der Waals surface area contributed by atoms with Crippen LogP contribution in [0.3, 0.4) is 0 Å². The smallest absolute Gasteiger partial charge is 0.223 e. The Kier molecular flexibility index (Phi) is 5.53. The Balaban J connectivity index is 1.37. The van der Waals surface area contributed by atoms with Gasteiger partial charge in [0.05, 0.1) is 26.2 Å². The van der Waals surface area contributed by atoms with E-state index in [1.165, 1.54) is 44.9 Å². The molecule has 3 aliphatic rings. The van der Waals surface area contributed by atoms with Crippen LogP contribution in [-0.2, 0) is 9.53 Å². The second-order valence-corrected chi connectivity index (χ2v) is 7.18. The normalized spacial score (nSPS) is 29.0. The number of rotatable bonds is 4. The molecular formula is C17H31N2O2+. The SMILES string of the molecule is O=C(CC1CCCCC1)N1CC[NH+](C[C@H]2CCCO2)CC1. The van der Waals surface area contributed by atoms with E-state index in [0.29, 0.717) is 17.9 Å². The van der Waals surface area contributed by atoms with Crippen LogP contribution in [0.15, 0.2) is 0 Å². The van der Waals surface area contributed by atoms with Gasteiger partial charge in [0.2, 0.25) is 5.91 Å². The molecule has 4 nitrogen and oxygen atoms in total. The molecule has 21 heavy (non-hydrogen) atoms. The van der Waals surface area contributed by atoms with Gasteiger partial charge in [-0.3, -0.25) is 4.79 Å². The van der Waals surface area contributed by atoms with Crippen molar-refractivity contribution in [1.82, 2.24) is 4.90 Å². The molecule has 2 heterocycles. The summed E-state index contributed by atoms with van der Waals surface area (Å²) in [4.78, 5) is 16.2. The van der Waals surface area contributed by atoms with Gasteiger partial charge in [0.15, 0.2) is 0 Å². The second-order valence-electron chi connectivity index (χ2n) is 7.18. The number of ether oxygens (including phenoxy) is 1. The van der Waals surface area contributed by atoms with Crippen LogP contribution in [-0.4, -0.2) is 56.2 Å². The van der Waals surface area contributed by atoms with Gasteiger partial charge in [-0.1, -0.05) is 19.3 Å². The van der Waals surface area contributed by atoms with E-state index in [0.717, 1.165) is 45.8 Å². The molecule has 0 aromatic heterocycles. The number of hydrogen-bond donors (Lipinski definition) is 1. The lowest BCUT2D eigenvalue weighted by Gasteiger charge is -2.34. The highest BCUT2D eigenvalue weighted by Crippen LogP contribution is 2.26. The summed E-state index contributed by atoms with van der Waals surface area (Å²) in [6, 6.07) is 0. The third-order valence-corrected chi connectivity index (χ3v) is 5.55. The second kappa shape index (κ2) is 7.59. The Hall–Kier alpha value is -0.610. The molecule has 120 valence electrons. The molecule has 3 fully saturated rings. The Morgan fingerprint density at radius 2 is 1.81 bits per heavy atom. The predicted molar refractivity (Wildman–Crippen MR) is 82.3 cm³/mol. The van der Waals surface area contributed by atoms with Gasteiger partial charge in [0, 0.05) is 13.0 Å². The average Bonchev–Trinajstić information content (AvgIpc) is 3.02. The first-order valence-corrected chi connectivity index (χ1v) is 9.04. The van der Waals surface area contributed by atoms with Crippen molar-refractivity contribution in [2.75, 3.05) is 39.3 Å². The van der Waals surface area contributed by atoms with Crippen molar-refractivity contribution in [2.24, 2.45) is 5.92 Å². The van der Waals surface area contributed by atoms with E-state index in [1.807, 2.05) is 0 Å². The summed E-state index contributed by atoms with van der Waals surface area (Å²) < 4.78 is 5.73. The molecule has 1 aliphatic carbocycles. The van der Waals surface area contributed by atoms with Crippen LogP contribution in [0.25, 0.3) is 0 Å². The highest BCUT2D eigenvalue weighted by Gasteiger charge is 2.28. The molecule has 3 rings (SSSR count). The molecule has 0 radical (unpaired) electrons. The molecule has 1 N–H and O–H groups in total. The summed E-state index contributed by atoms with van der Waals surface area (Å²) in [6.07, 6.45) is 10.3. The standard InChI is InChI=1S/C17H30N2O2/c20-17(13-15-5-2-1-3-6-15)19-10-8-18(9-11-19)14-16-7-4-12-21-16/h15-16H,1-14H2/p+1/t16-/m1/s1. The summed E-state index contributed by atoms with van der Waals surface area (Å²) in [5, 5.41) is 0. The molecule has 0 bridgehead atoms. The van der Waals surface area contributed by atoms with Gasteiger partial charge in [-0.25, -0.2) is 0 Å². The number of carbonyl (C=O) groups excluding carboxylic acids is 1. The Morgan fingerprint density at radius 1 is 1.05 bits per heavy atom. The lowest BCUT2D eigenvalue weighted by Crippen LogP contribution is -3.15. The first-order valence-electron chi connectivity index (χ1n) is 9.04. The summed E-state index contributed by atoms with van der Waals surface area (Å²) in [5.74, 6) is 1.08. The van der Waals surface area contributed by atoms with Crippen molar-refractivity contribution in [3.05, 3.63) is 0 Å². The predicted octanol–water partition coefficient (Wildman–Crippen LogP) is 0.863. The summed E-state index contributed by atoms with van der Waals surface area (Å²) in [6.45, 7) is 6.21. The maximum Gasteiger partial charge on any atom is 0.223 e. The molecule has 4 heteroatoms. The van der Waals surface area contributed by atoms with E-state index < -0.39 is 0 Å². The van der Waals surface area contributed by atoms with E-state index in [2.05, 4.69) is 4.90 Å². The summed E-state index contributed by atoms with van der Waals surface area (Å²) in [5.41, 5.74) is 0. The van der Waals surface area contributed by atoms with E-state index >= 15 is 0 Å². The molecule has 1 amide bonds. The monoisotopic (exact) mass is 295 g/mol. The maximum absolute atomic E-state index is 12.4. The number of amides is 1. The summed E-state index contributed by atoms with van der Waals surface area (Å²) in [7, 11) is 0. The molecule has 2 saturated heterocycles. The topological polar surface area (TPSA) is 34.0 Å². The maximum atomic E-state index is 12.4. The lowest BCUT2D eigenvalue weighted by atomic mass is 9.86. The molecule has 0 unspecified atom stereocenters. The van der Waals surface area contributed by atoms with Crippen LogP contribution in [0.4, 0.5) is 0 Å². The van der Waals surface area contributed by atoms with Gasteiger partial charge in [0.25, 0.3) is 0 Å². The quantitative estimate of drug-likeness (QED) is 0.835.